The van der Waals surface area contributed by atoms with Crippen LogP contribution in [-0.2, 0) is 4.79 Å². The second-order valence-electron chi connectivity index (χ2n) is 3.96. The van der Waals surface area contributed by atoms with Gasteiger partial charge in [-0.2, -0.15) is 5.26 Å². The Morgan fingerprint density at radius 1 is 1.50 bits per heavy atom. The van der Waals surface area contributed by atoms with Gasteiger partial charge in [-0.15, -0.1) is 11.6 Å². The summed E-state index contributed by atoms with van der Waals surface area (Å²) in [5, 5.41) is 16.3. The van der Waals surface area contributed by atoms with Crippen molar-refractivity contribution in [2.45, 2.75) is 59.5 Å². The van der Waals surface area contributed by atoms with Crippen LogP contribution in [0, 0.1) is 11.3 Å². The number of nitriles is 1. The normalized spacial score (nSPS) is 8.88. The van der Waals surface area contributed by atoms with Crippen LogP contribution >= 0.6 is 11.6 Å². The van der Waals surface area contributed by atoms with Gasteiger partial charge in [0, 0.05) is 19.2 Å². The number of hydrogen-bond acceptors (Lipinski definition) is 3. The second kappa shape index (κ2) is 14.4. The van der Waals surface area contributed by atoms with Gasteiger partial charge in [0.1, 0.15) is 5.78 Å². The molecule has 0 fully saturated rings. The molecule has 0 unspecified atom stereocenters. The zero-order valence-corrected chi connectivity index (χ0v) is 11.8. The Labute approximate surface area is 104 Å². The van der Waals surface area contributed by atoms with E-state index >= 15 is 0 Å². The lowest BCUT2D eigenvalue weighted by atomic mass is 10.0. The lowest BCUT2D eigenvalue weighted by Crippen LogP contribution is -2.21. The minimum Gasteiger partial charge on any atom is -0.390 e. The van der Waals surface area contributed by atoms with Crippen LogP contribution in [0.4, 0.5) is 0 Å². The number of hydrogen-bond donors (Lipinski definition) is 1. The average Bonchev–Trinajstić information content (AvgIpc) is 2.02. The van der Waals surface area contributed by atoms with Crippen molar-refractivity contribution in [3.63, 3.8) is 0 Å². The van der Waals surface area contributed by atoms with Crippen LogP contribution in [0.5, 0.6) is 0 Å². The molecule has 0 saturated heterocycles. The lowest BCUT2D eigenvalue weighted by Gasteiger charge is -2.13. The van der Waals surface area contributed by atoms with Gasteiger partial charge < -0.3 is 5.11 Å². The summed E-state index contributed by atoms with van der Waals surface area (Å²) in [4.78, 5) is 10.3. The minimum absolute atomic E-state index is 0.0255. The van der Waals surface area contributed by atoms with Gasteiger partial charge in [0.2, 0.25) is 0 Å². The fourth-order valence-electron chi connectivity index (χ4n) is 0.743. The first-order chi connectivity index (χ1) is 7.24. The van der Waals surface area contributed by atoms with E-state index in [9.17, 15) is 4.79 Å². The third-order valence-electron chi connectivity index (χ3n) is 1.17. The van der Waals surface area contributed by atoms with E-state index in [2.05, 4.69) is 6.92 Å². The predicted octanol–water partition coefficient (Wildman–Crippen LogP) is 3.29. The van der Waals surface area contributed by atoms with Crippen LogP contribution < -0.4 is 0 Å². The molecule has 3 nitrogen and oxygen atoms in total. The van der Waals surface area contributed by atoms with Crippen molar-refractivity contribution in [1.82, 2.24) is 0 Å². The molecule has 0 radical (unpaired) electrons. The number of alkyl halides is 1. The van der Waals surface area contributed by atoms with Crippen molar-refractivity contribution < 1.29 is 9.90 Å². The highest BCUT2D eigenvalue weighted by molar-refractivity contribution is 6.17. The maximum absolute atomic E-state index is 10.3. The fourth-order valence-corrected chi connectivity index (χ4v) is 1.01. The highest BCUT2D eigenvalue weighted by Gasteiger charge is 2.13. The summed E-state index contributed by atoms with van der Waals surface area (Å²) in [7, 11) is 0. The molecule has 1 N–H and O–H groups in total. The molecule has 4 heteroatoms. The maximum Gasteiger partial charge on any atom is 0.132 e. The van der Waals surface area contributed by atoms with Crippen LogP contribution in [0.15, 0.2) is 0 Å². The molecular formula is C12H24ClNO2. The standard InChI is InChI=1S/C6H12O2.C4H9Cl.C2H3N/c1-5(7)4-6(2,3)8;1-2-3-4-5;1-2-3/h8H,4H2,1-3H3;2-4H2,1H3;1H3. The minimum atomic E-state index is -0.828. The van der Waals surface area contributed by atoms with E-state index in [0.717, 1.165) is 12.3 Å². The number of Topliss-reactive ketones (excluding diaryl/α,β-unsaturated/α-hetero) is 1. The molecule has 0 spiro atoms. The number of nitrogens with zero attached hydrogens (tertiary/aromatic N) is 1. The molecule has 0 aromatic heterocycles. The van der Waals surface area contributed by atoms with E-state index in [1.165, 1.54) is 20.3 Å². The third-order valence-corrected chi connectivity index (χ3v) is 1.44. The fraction of sp³-hybridized carbons (Fsp3) is 0.833. The molecule has 0 atom stereocenters. The van der Waals surface area contributed by atoms with Gasteiger partial charge in [0.25, 0.3) is 0 Å². The van der Waals surface area contributed by atoms with Gasteiger partial charge in [0.05, 0.1) is 11.7 Å². The van der Waals surface area contributed by atoms with Crippen LogP contribution in [0.1, 0.15) is 53.9 Å². The van der Waals surface area contributed by atoms with E-state index in [0.29, 0.717) is 0 Å². The van der Waals surface area contributed by atoms with Crippen LogP contribution in [0.2, 0.25) is 0 Å². The monoisotopic (exact) mass is 249 g/mol. The van der Waals surface area contributed by atoms with E-state index < -0.39 is 5.60 Å². The van der Waals surface area contributed by atoms with Gasteiger partial charge in [-0.3, -0.25) is 4.79 Å². The quantitative estimate of drug-likeness (QED) is 0.778. The summed E-state index contributed by atoms with van der Waals surface area (Å²) < 4.78 is 0. The predicted molar refractivity (Wildman–Crippen MR) is 68.5 cm³/mol. The smallest absolute Gasteiger partial charge is 0.132 e. The van der Waals surface area contributed by atoms with Crippen LogP contribution in [0.25, 0.3) is 0 Å². The van der Waals surface area contributed by atoms with Gasteiger partial charge in [-0.05, 0) is 27.2 Å². The first-order valence-electron chi connectivity index (χ1n) is 5.33. The molecule has 0 heterocycles. The van der Waals surface area contributed by atoms with E-state index in [-0.39, 0.29) is 12.2 Å². The first-order valence-corrected chi connectivity index (χ1v) is 5.87. The SMILES string of the molecule is CC#N.CC(=O)CC(C)(C)O.CCCCCl. The Hall–Kier alpha value is -0.590. The number of halogens is 1. The van der Waals surface area contributed by atoms with E-state index in [1.54, 1.807) is 19.9 Å². The molecule has 96 valence electrons. The third kappa shape index (κ3) is 50.3. The molecule has 0 aliphatic carbocycles. The van der Waals surface area contributed by atoms with Crippen molar-refractivity contribution in [3.8, 4) is 6.07 Å². The molecule has 16 heavy (non-hydrogen) atoms. The van der Waals surface area contributed by atoms with Crippen molar-refractivity contribution in [3.05, 3.63) is 0 Å². The number of carbonyl (C=O) groups excluding carboxylic acids is 1. The molecule has 0 aliphatic heterocycles. The van der Waals surface area contributed by atoms with Crippen molar-refractivity contribution in [2.24, 2.45) is 0 Å². The van der Waals surface area contributed by atoms with Crippen molar-refractivity contribution in [1.29, 1.82) is 5.26 Å². The largest absolute Gasteiger partial charge is 0.390 e. The molecule has 0 aromatic carbocycles. The maximum atomic E-state index is 10.3. The van der Waals surface area contributed by atoms with E-state index in [4.69, 9.17) is 22.0 Å². The zero-order chi connectivity index (χ0) is 13.6. The zero-order valence-electron chi connectivity index (χ0n) is 11.0. The molecule has 0 amide bonds. The topological polar surface area (TPSA) is 61.1 Å². The summed E-state index contributed by atoms with van der Waals surface area (Å²) in [6.45, 7) is 8.27. The Morgan fingerprint density at radius 3 is 1.88 bits per heavy atom. The van der Waals surface area contributed by atoms with Gasteiger partial charge in [0.15, 0.2) is 0 Å². The van der Waals surface area contributed by atoms with Gasteiger partial charge >= 0.3 is 0 Å². The molecule has 0 aliphatic rings. The highest BCUT2D eigenvalue weighted by Crippen LogP contribution is 2.06. The summed E-state index contributed by atoms with van der Waals surface area (Å²) >= 11 is 5.30. The average molecular weight is 250 g/mol. The Balaban J connectivity index is -0.000000181. The summed E-state index contributed by atoms with van der Waals surface area (Å²) in [5.41, 5.74) is -0.828. The first kappa shape index (κ1) is 20.8. The number of carbonyl (C=O) groups is 1. The molecule has 0 aromatic rings. The number of unbranched alkanes of at least 4 members (excludes halogenated alkanes) is 1. The molecule has 0 rings (SSSR count). The Bertz CT molecular complexity index is 190. The number of aliphatic hydroxyl groups is 1. The Morgan fingerprint density at radius 2 is 1.88 bits per heavy atom. The lowest BCUT2D eigenvalue weighted by molar-refractivity contribution is -0.120. The number of rotatable bonds is 4. The molecule has 0 saturated carbocycles. The van der Waals surface area contributed by atoms with Gasteiger partial charge in [-0.25, -0.2) is 0 Å². The molecular weight excluding hydrogens is 226 g/mol. The Kier molecular flexibility index (Phi) is 18.7. The summed E-state index contributed by atoms with van der Waals surface area (Å²) in [6.07, 6.45) is 2.61. The highest BCUT2D eigenvalue weighted by atomic mass is 35.5. The molecule has 0 bridgehead atoms. The summed E-state index contributed by atoms with van der Waals surface area (Å²) in [5.74, 6) is 0.841. The summed E-state index contributed by atoms with van der Waals surface area (Å²) in [6, 6.07) is 1.75. The number of ketones is 1. The van der Waals surface area contributed by atoms with Crippen LogP contribution in [-0.4, -0.2) is 22.4 Å². The van der Waals surface area contributed by atoms with E-state index in [1.807, 2.05) is 0 Å². The van der Waals surface area contributed by atoms with Gasteiger partial charge in [-0.1, -0.05) is 13.3 Å². The van der Waals surface area contributed by atoms with Crippen molar-refractivity contribution >= 4 is 17.4 Å². The second-order valence-corrected chi connectivity index (χ2v) is 4.34. The van der Waals surface area contributed by atoms with Crippen LogP contribution in [0.3, 0.4) is 0 Å². The van der Waals surface area contributed by atoms with Crippen molar-refractivity contribution in [2.75, 3.05) is 5.88 Å².